The lowest BCUT2D eigenvalue weighted by Gasteiger charge is -2.32. The largest absolute Gasteiger partial charge is 0.315 e. The zero-order valence-electron chi connectivity index (χ0n) is 14.0. The minimum absolute atomic E-state index is 0.496. The normalized spacial score (nSPS) is 12.1. The number of rotatable bonds is 3. The Labute approximate surface area is 138 Å². The van der Waals surface area contributed by atoms with E-state index in [1.807, 2.05) is 29.0 Å². The topological polar surface area (TPSA) is 30.3 Å². The third-order valence-corrected chi connectivity index (χ3v) is 4.45. The number of fused-ring (bicyclic) bond motifs is 1. The summed E-state index contributed by atoms with van der Waals surface area (Å²) in [4.78, 5) is 4.03. The van der Waals surface area contributed by atoms with Gasteiger partial charge in [0.15, 0.2) is 0 Å². The molecule has 0 spiro atoms. The molecule has 2 aromatic carbocycles. The standard InChI is InChI=1S/C20H23N3/c1-4-23(18-13-6-5-9-15(18)2)20(21)22(3)19-14-8-11-16-10-7-12-17(16)19/h5-9,11-14,21H,4,10H2,1-3H3. The first kappa shape index (κ1) is 15.3. The first-order chi connectivity index (χ1) is 11.1. The van der Waals surface area contributed by atoms with E-state index in [1.165, 1.54) is 16.7 Å². The molecule has 0 fully saturated rings. The van der Waals surface area contributed by atoms with Crippen LogP contribution in [0.1, 0.15) is 23.6 Å². The molecule has 3 rings (SSSR count). The number of aryl methyl sites for hydroxylation is 1. The van der Waals surface area contributed by atoms with Gasteiger partial charge in [-0.05, 0) is 43.5 Å². The van der Waals surface area contributed by atoms with E-state index < -0.39 is 0 Å². The second-order valence-corrected chi connectivity index (χ2v) is 5.87. The zero-order chi connectivity index (χ0) is 16.4. The molecule has 0 unspecified atom stereocenters. The molecule has 1 aliphatic rings. The Balaban J connectivity index is 1.94. The molecule has 0 bridgehead atoms. The maximum atomic E-state index is 8.71. The quantitative estimate of drug-likeness (QED) is 0.670. The maximum absolute atomic E-state index is 8.71. The Morgan fingerprint density at radius 3 is 2.57 bits per heavy atom. The van der Waals surface area contributed by atoms with Crippen molar-refractivity contribution < 1.29 is 0 Å². The summed E-state index contributed by atoms with van der Waals surface area (Å²) in [6.07, 6.45) is 5.34. The van der Waals surface area contributed by atoms with Crippen molar-refractivity contribution in [2.24, 2.45) is 0 Å². The molecular formula is C20H23N3. The highest BCUT2D eigenvalue weighted by Crippen LogP contribution is 2.30. The van der Waals surface area contributed by atoms with Gasteiger partial charge in [0.2, 0.25) is 5.96 Å². The van der Waals surface area contributed by atoms with Crippen LogP contribution in [0.15, 0.2) is 48.5 Å². The predicted octanol–water partition coefficient (Wildman–Crippen LogP) is 4.46. The summed E-state index contributed by atoms with van der Waals surface area (Å²) in [5.74, 6) is 0.496. The number of nitrogens with zero attached hydrogens (tertiary/aromatic N) is 2. The van der Waals surface area contributed by atoms with Gasteiger partial charge in [-0.1, -0.05) is 42.5 Å². The third-order valence-electron chi connectivity index (χ3n) is 4.45. The van der Waals surface area contributed by atoms with E-state index in [-0.39, 0.29) is 0 Å². The number of benzene rings is 2. The molecule has 0 aliphatic heterocycles. The third kappa shape index (κ3) is 2.74. The Morgan fingerprint density at radius 1 is 1.09 bits per heavy atom. The zero-order valence-corrected chi connectivity index (χ0v) is 14.0. The van der Waals surface area contributed by atoms with Gasteiger partial charge in [-0.15, -0.1) is 0 Å². The number of para-hydroxylation sites is 1. The fourth-order valence-electron chi connectivity index (χ4n) is 3.16. The number of nitrogens with one attached hydrogen (secondary N) is 1. The number of hydrogen-bond acceptors (Lipinski definition) is 1. The summed E-state index contributed by atoms with van der Waals surface area (Å²) in [5.41, 5.74) is 5.94. The monoisotopic (exact) mass is 305 g/mol. The van der Waals surface area contributed by atoms with Crippen LogP contribution in [0, 0.1) is 12.3 Å². The molecule has 0 aromatic heterocycles. The average molecular weight is 305 g/mol. The molecule has 0 heterocycles. The number of hydrogen-bond donors (Lipinski definition) is 1. The molecule has 23 heavy (non-hydrogen) atoms. The number of allylic oxidation sites excluding steroid dienone is 1. The van der Waals surface area contributed by atoms with E-state index in [0.717, 1.165) is 24.3 Å². The van der Waals surface area contributed by atoms with E-state index in [4.69, 9.17) is 5.41 Å². The van der Waals surface area contributed by atoms with E-state index in [1.54, 1.807) is 0 Å². The van der Waals surface area contributed by atoms with Crippen molar-refractivity contribution in [2.75, 3.05) is 23.4 Å². The highest BCUT2D eigenvalue weighted by molar-refractivity contribution is 6.06. The van der Waals surface area contributed by atoms with Gasteiger partial charge in [0.25, 0.3) is 0 Å². The van der Waals surface area contributed by atoms with E-state index in [0.29, 0.717) is 5.96 Å². The van der Waals surface area contributed by atoms with E-state index in [9.17, 15) is 0 Å². The molecule has 2 aromatic rings. The molecule has 3 nitrogen and oxygen atoms in total. The van der Waals surface area contributed by atoms with Gasteiger partial charge in [0, 0.05) is 24.8 Å². The smallest absolute Gasteiger partial charge is 0.202 e. The van der Waals surface area contributed by atoms with Crippen LogP contribution in [0.25, 0.3) is 6.08 Å². The molecule has 0 amide bonds. The first-order valence-corrected chi connectivity index (χ1v) is 8.07. The SMILES string of the molecule is CCN(C(=N)N(C)c1cccc2c1C=CC2)c1ccccc1C. The van der Waals surface area contributed by atoms with Gasteiger partial charge in [0.1, 0.15) is 0 Å². The van der Waals surface area contributed by atoms with Crippen LogP contribution < -0.4 is 9.80 Å². The van der Waals surface area contributed by atoms with Crippen molar-refractivity contribution in [3.8, 4) is 0 Å². The Bertz CT molecular complexity index is 761. The summed E-state index contributed by atoms with van der Waals surface area (Å²) in [7, 11) is 1.98. The van der Waals surface area contributed by atoms with Crippen LogP contribution in [0.3, 0.4) is 0 Å². The molecule has 0 saturated heterocycles. The maximum Gasteiger partial charge on any atom is 0.202 e. The molecule has 0 saturated carbocycles. The fraction of sp³-hybridized carbons (Fsp3) is 0.250. The highest BCUT2D eigenvalue weighted by atomic mass is 15.4. The van der Waals surface area contributed by atoms with Gasteiger partial charge >= 0.3 is 0 Å². The van der Waals surface area contributed by atoms with Crippen LogP contribution in [-0.2, 0) is 6.42 Å². The predicted molar refractivity (Wildman–Crippen MR) is 99.5 cm³/mol. The lowest BCUT2D eigenvalue weighted by atomic mass is 10.1. The first-order valence-electron chi connectivity index (χ1n) is 8.07. The minimum Gasteiger partial charge on any atom is -0.315 e. The van der Waals surface area contributed by atoms with E-state index >= 15 is 0 Å². The molecule has 1 N–H and O–H groups in total. The summed E-state index contributed by atoms with van der Waals surface area (Å²) < 4.78 is 0. The van der Waals surface area contributed by atoms with Crippen molar-refractivity contribution in [3.05, 3.63) is 65.2 Å². The molecular weight excluding hydrogens is 282 g/mol. The second kappa shape index (κ2) is 6.29. The van der Waals surface area contributed by atoms with Crippen molar-refractivity contribution in [3.63, 3.8) is 0 Å². The van der Waals surface area contributed by atoms with Crippen molar-refractivity contribution in [1.82, 2.24) is 0 Å². The number of anilines is 2. The Kier molecular flexibility index (Phi) is 4.20. The summed E-state index contributed by atoms with van der Waals surface area (Å²) in [6.45, 7) is 4.94. The Morgan fingerprint density at radius 2 is 1.83 bits per heavy atom. The van der Waals surface area contributed by atoms with Crippen molar-refractivity contribution >= 4 is 23.4 Å². The summed E-state index contributed by atoms with van der Waals surface area (Å²) >= 11 is 0. The number of guanidine groups is 1. The summed E-state index contributed by atoms with van der Waals surface area (Å²) in [6, 6.07) is 14.6. The van der Waals surface area contributed by atoms with Gasteiger partial charge in [-0.2, -0.15) is 0 Å². The minimum atomic E-state index is 0.496. The van der Waals surface area contributed by atoms with Crippen LogP contribution in [0.4, 0.5) is 11.4 Å². The van der Waals surface area contributed by atoms with Crippen molar-refractivity contribution in [2.45, 2.75) is 20.3 Å². The summed E-state index contributed by atoms with van der Waals surface area (Å²) in [5, 5.41) is 8.71. The van der Waals surface area contributed by atoms with Crippen molar-refractivity contribution in [1.29, 1.82) is 5.41 Å². The van der Waals surface area contributed by atoms with E-state index in [2.05, 4.69) is 56.3 Å². The van der Waals surface area contributed by atoms with Crippen LogP contribution >= 0.6 is 0 Å². The lowest BCUT2D eigenvalue weighted by Crippen LogP contribution is -2.42. The Hall–Kier alpha value is -2.55. The van der Waals surface area contributed by atoms with Crippen LogP contribution in [0.5, 0.6) is 0 Å². The van der Waals surface area contributed by atoms with Gasteiger partial charge in [-0.25, -0.2) is 0 Å². The molecule has 0 atom stereocenters. The fourth-order valence-corrected chi connectivity index (χ4v) is 3.16. The van der Waals surface area contributed by atoms with Crippen LogP contribution in [0.2, 0.25) is 0 Å². The highest BCUT2D eigenvalue weighted by Gasteiger charge is 2.20. The average Bonchev–Trinajstić information content (AvgIpc) is 3.05. The van der Waals surface area contributed by atoms with Gasteiger partial charge in [0.05, 0.1) is 5.69 Å². The second-order valence-electron chi connectivity index (χ2n) is 5.87. The molecule has 0 radical (unpaired) electrons. The molecule has 118 valence electrons. The van der Waals surface area contributed by atoms with Crippen LogP contribution in [-0.4, -0.2) is 19.6 Å². The van der Waals surface area contributed by atoms with Gasteiger partial charge in [-0.3, -0.25) is 5.41 Å². The van der Waals surface area contributed by atoms with Gasteiger partial charge < -0.3 is 9.80 Å². The molecule has 3 heteroatoms. The lowest BCUT2D eigenvalue weighted by molar-refractivity contribution is 0.998. The molecule has 1 aliphatic carbocycles.